The Morgan fingerprint density at radius 2 is 1.90 bits per heavy atom. The van der Waals surface area contributed by atoms with Crippen molar-refractivity contribution in [3.05, 3.63) is 84.1 Å². The van der Waals surface area contributed by atoms with E-state index in [0.717, 1.165) is 16.6 Å². The Morgan fingerprint density at radius 1 is 1.17 bits per heavy atom. The number of esters is 1. The van der Waals surface area contributed by atoms with Crippen LogP contribution in [0.5, 0.6) is 0 Å². The molecule has 0 N–H and O–H groups in total. The topological polar surface area (TPSA) is 48.3 Å². The van der Waals surface area contributed by atoms with Crippen molar-refractivity contribution in [2.24, 2.45) is 5.41 Å². The summed E-state index contributed by atoms with van der Waals surface area (Å²) in [6.45, 7) is 6.31. The second-order valence-corrected chi connectivity index (χ2v) is 7.56. The predicted octanol–water partition coefficient (Wildman–Crippen LogP) is 4.94. The Bertz CT molecular complexity index is 1080. The van der Waals surface area contributed by atoms with Crippen LogP contribution < -0.4 is 0 Å². The Hall–Kier alpha value is -3.14. The number of carbonyl (C=O) groups excluding carboxylic acids is 2. The standard InChI is InChI=1S/C25H25NO3/c1-3-16-29-24(28)25(4-2)15-14-21-22(23(25)27)19-12-8-9-13-20(19)26(21)17-18-10-6-5-7-11-18/h3,5-13H,1,4,14-17H2,2H3. The molecule has 1 atom stereocenters. The summed E-state index contributed by atoms with van der Waals surface area (Å²) in [7, 11) is 0. The Labute approximate surface area is 170 Å². The average molecular weight is 387 g/mol. The lowest BCUT2D eigenvalue weighted by Gasteiger charge is -2.33. The smallest absolute Gasteiger partial charge is 0.320 e. The van der Waals surface area contributed by atoms with Gasteiger partial charge in [-0.25, -0.2) is 0 Å². The number of aromatic nitrogens is 1. The van der Waals surface area contributed by atoms with Crippen molar-refractivity contribution in [3.63, 3.8) is 0 Å². The molecule has 4 rings (SSSR count). The van der Waals surface area contributed by atoms with Crippen LogP contribution in [0.2, 0.25) is 0 Å². The third-order valence-corrected chi connectivity index (χ3v) is 6.04. The molecule has 1 aliphatic rings. The molecule has 0 saturated heterocycles. The van der Waals surface area contributed by atoms with Crippen molar-refractivity contribution < 1.29 is 14.3 Å². The molecule has 0 saturated carbocycles. The van der Waals surface area contributed by atoms with E-state index in [1.165, 1.54) is 11.6 Å². The Morgan fingerprint density at radius 3 is 2.62 bits per heavy atom. The molecule has 148 valence electrons. The summed E-state index contributed by atoms with van der Waals surface area (Å²) in [5.74, 6) is -0.547. The predicted molar refractivity (Wildman–Crippen MR) is 114 cm³/mol. The van der Waals surface area contributed by atoms with Gasteiger partial charge in [-0.1, -0.05) is 68.1 Å². The first-order valence-corrected chi connectivity index (χ1v) is 10.1. The molecule has 0 bridgehead atoms. The molecule has 0 amide bonds. The number of benzene rings is 2. The number of para-hydroxylation sites is 1. The van der Waals surface area contributed by atoms with Crippen LogP contribution in [0.4, 0.5) is 0 Å². The summed E-state index contributed by atoms with van der Waals surface area (Å²) in [4.78, 5) is 26.6. The second-order valence-electron chi connectivity index (χ2n) is 7.56. The molecule has 0 aliphatic heterocycles. The minimum absolute atomic E-state index is 0.113. The lowest BCUT2D eigenvalue weighted by molar-refractivity contribution is -0.152. The largest absolute Gasteiger partial charge is 0.461 e. The van der Waals surface area contributed by atoms with E-state index in [4.69, 9.17) is 4.74 Å². The summed E-state index contributed by atoms with van der Waals surface area (Å²) >= 11 is 0. The van der Waals surface area contributed by atoms with Crippen molar-refractivity contribution >= 4 is 22.7 Å². The van der Waals surface area contributed by atoms with Crippen molar-refractivity contribution in [2.75, 3.05) is 6.61 Å². The van der Waals surface area contributed by atoms with E-state index in [2.05, 4.69) is 23.3 Å². The minimum Gasteiger partial charge on any atom is -0.461 e. The summed E-state index contributed by atoms with van der Waals surface area (Å²) in [6, 6.07) is 18.2. The first kappa shape index (κ1) is 19.2. The number of ether oxygens (including phenoxy) is 1. The summed E-state index contributed by atoms with van der Waals surface area (Å²) < 4.78 is 7.57. The van der Waals surface area contributed by atoms with Crippen molar-refractivity contribution in [1.82, 2.24) is 4.57 Å². The molecular weight excluding hydrogens is 362 g/mol. The first-order valence-electron chi connectivity index (χ1n) is 10.1. The Balaban J connectivity index is 1.84. The molecule has 3 aromatic rings. The van der Waals surface area contributed by atoms with Gasteiger partial charge >= 0.3 is 5.97 Å². The first-order chi connectivity index (χ1) is 14.1. The molecule has 1 aromatic heterocycles. The molecule has 1 aliphatic carbocycles. The zero-order chi connectivity index (χ0) is 20.4. The van der Waals surface area contributed by atoms with Gasteiger partial charge in [-0.15, -0.1) is 0 Å². The molecule has 0 spiro atoms. The molecule has 0 fully saturated rings. The fourth-order valence-corrected chi connectivity index (χ4v) is 4.45. The minimum atomic E-state index is -1.11. The van der Waals surface area contributed by atoms with Gasteiger partial charge in [-0.2, -0.15) is 0 Å². The number of nitrogens with zero attached hydrogens (tertiary/aromatic N) is 1. The molecule has 1 heterocycles. The number of ketones is 1. The van der Waals surface area contributed by atoms with E-state index in [9.17, 15) is 9.59 Å². The van der Waals surface area contributed by atoms with Crippen LogP contribution in [0, 0.1) is 5.41 Å². The number of fused-ring (bicyclic) bond motifs is 3. The van der Waals surface area contributed by atoms with E-state index in [-0.39, 0.29) is 12.4 Å². The van der Waals surface area contributed by atoms with Crippen LogP contribution in [0.1, 0.15) is 41.4 Å². The number of hydrogen-bond acceptors (Lipinski definition) is 3. The van der Waals surface area contributed by atoms with E-state index < -0.39 is 11.4 Å². The van der Waals surface area contributed by atoms with Crippen LogP contribution in [-0.4, -0.2) is 22.9 Å². The number of carbonyl (C=O) groups is 2. The highest BCUT2D eigenvalue weighted by Crippen LogP contribution is 2.43. The van der Waals surface area contributed by atoms with Gasteiger partial charge in [0.25, 0.3) is 0 Å². The van der Waals surface area contributed by atoms with Crippen molar-refractivity contribution in [3.8, 4) is 0 Å². The van der Waals surface area contributed by atoms with Gasteiger partial charge < -0.3 is 9.30 Å². The molecular formula is C25H25NO3. The Kier molecular flexibility index (Phi) is 5.10. The highest BCUT2D eigenvalue weighted by molar-refractivity contribution is 6.19. The monoisotopic (exact) mass is 387 g/mol. The van der Waals surface area contributed by atoms with Gasteiger partial charge in [0, 0.05) is 28.7 Å². The average Bonchev–Trinajstić information content (AvgIpc) is 3.07. The van der Waals surface area contributed by atoms with E-state index in [0.29, 0.717) is 31.4 Å². The van der Waals surface area contributed by atoms with E-state index >= 15 is 0 Å². The van der Waals surface area contributed by atoms with Crippen LogP contribution >= 0.6 is 0 Å². The summed E-state index contributed by atoms with van der Waals surface area (Å²) in [5, 5.41) is 0.914. The zero-order valence-electron chi connectivity index (χ0n) is 16.7. The maximum Gasteiger partial charge on any atom is 0.320 e. The van der Waals surface area contributed by atoms with Gasteiger partial charge in [0.2, 0.25) is 0 Å². The van der Waals surface area contributed by atoms with Crippen LogP contribution in [0.3, 0.4) is 0 Å². The SMILES string of the molecule is C=CCOC(=O)C1(CC)CCc2c(c3ccccc3n2Cc2ccccc2)C1=O. The number of Topliss-reactive ketones (excluding diaryl/α,β-unsaturated/α-hetero) is 1. The van der Waals surface area contributed by atoms with Crippen LogP contribution in [0.15, 0.2) is 67.3 Å². The van der Waals surface area contributed by atoms with Crippen LogP contribution in [-0.2, 0) is 22.5 Å². The molecule has 0 radical (unpaired) electrons. The lowest BCUT2D eigenvalue weighted by Crippen LogP contribution is -2.43. The van der Waals surface area contributed by atoms with Gasteiger partial charge in [0.1, 0.15) is 12.0 Å². The number of rotatable bonds is 6. The fourth-order valence-electron chi connectivity index (χ4n) is 4.45. The van der Waals surface area contributed by atoms with Gasteiger partial charge in [0.05, 0.1) is 0 Å². The molecule has 29 heavy (non-hydrogen) atoms. The highest BCUT2D eigenvalue weighted by atomic mass is 16.5. The number of hydrogen-bond donors (Lipinski definition) is 0. The molecule has 1 unspecified atom stereocenters. The van der Waals surface area contributed by atoms with Crippen molar-refractivity contribution in [2.45, 2.75) is 32.7 Å². The van der Waals surface area contributed by atoms with E-state index in [1.54, 1.807) is 0 Å². The van der Waals surface area contributed by atoms with Gasteiger partial charge in [0.15, 0.2) is 5.78 Å². The summed E-state index contributed by atoms with van der Waals surface area (Å²) in [5.41, 5.74) is 2.79. The lowest BCUT2D eigenvalue weighted by atomic mass is 9.70. The van der Waals surface area contributed by atoms with Gasteiger partial charge in [-0.05, 0) is 30.9 Å². The second kappa shape index (κ2) is 7.70. The fraction of sp³-hybridized carbons (Fsp3) is 0.280. The van der Waals surface area contributed by atoms with E-state index in [1.807, 2.05) is 49.4 Å². The maximum absolute atomic E-state index is 13.7. The zero-order valence-corrected chi connectivity index (χ0v) is 16.7. The summed E-state index contributed by atoms with van der Waals surface area (Å²) in [6.07, 6.45) is 3.10. The van der Waals surface area contributed by atoms with Crippen molar-refractivity contribution in [1.29, 1.82) is 0 Å². The maximum atomic E-state index is 13.7. The molecule has 4 heteroatoms. The third kappa shape index (κ3) is 3.09. The molecule has 2 aromatic carbocycles. The molecule has 4 nitrogen and oxygen atoms in total. The normalized spacial score (nSPS) is 18.4. The highest BCUT2D eigenvalue weighted by Gasteiger charge is 2.50. The third-order valence-electron chi connectivity index (χ3n) is 6.04. The quantitative estimate of drug-likeness (QED) is 0.342. The van der Waals surface area contributed by atoms with Crippen LogP contribution in [0.25, 0.3) is 10.9 Å². The van der Waals surface area contributed by atoms with Gasteiger partial charge in [-0.3, -0.25) is 9.59 Å².